The Morgan fingerprint density at radius 1 is 1.15 bits per heavy atom. The maximum Gasteiger partial charge on any atom is -0.0106 e. The minimum Gasteiger partial charge on any atom is -0.0646 e. The van der Waals surface area contributed by atoms with Crippen LogP contribution in [-0.2, 0) is 11.8 Å². The summed E-state index contributed by atoms with van der Waals surface area (Å²) in [6.45, 7) is 9.07. The van der Waals surface area contributed by atoms with E-state index in [1.807, 2.05) is 0 Å². The van der Waals surface area contributed by atoms with Gasteiger partial charge in [-0.3, -0.25) is 0 Å². The Morgan fingerprint density at radius 2 is 1.85 bits per heavy atom. The van der Waals surface area contributed by atoms with E-state index in [-0.39, 0.29) is 0 Å². The highest BCUT2D eigenvalue weighted by molar-refractivity contribution is 5.28. The minimum absolute atomic E-state index is 0.325. The summed E-state index contributed by atoms with van der Waals surface area (Å²) in [5.41, 5.74) is 3.24. The molecule has 72 valence electrons. The van der Waals surface area contributed by atoms with Crippen molar-refractivity contribution in [3.63, 3.8) is 0 Å². The zero-order chi connectivity index (χ0) is 9.90. The third kappa shape index (κ3) is 2.33. The summed E-state index contributed by atoms with van der Waals surface area (Å²) in [6.07, 6.45) is 2.33. The SMILES string of the molecule is CCc1cccc(C(C)(C)CC)c1. The first-order valence-corrected chi connectivity index (χ1v) is 5.19. The Kier molecular flexibility index (Phi) is 3.13. The van der Waals surface area contributed by atoms with Crippen LogP contribution in [0.4, 0.5) is 0 Å². The van der Waals surface area contributed by atoms with Crippen LogP contribution >= 0.6 is 0 Å². The number of hydrogen-bond donors (Lipinski definition) is 0. The first-order chi connectivity index (χ1) is 6.10. The number of hydrogen-bond acceptors (Lipinski definition) is 0. The van der Waals surface area contributed by atoms with Crippen molar-refractivity contribution in [2.75, 3.05) is 0 Å². The molecule has 0 saturated carbocycles. The summed E-state index contributed by atoms with van der Waals surface area (Å²) >= 11 is 0. The molecule has 0 aliphatic carbocycles. The molecule has 0 aliphatic heterocycles. The van der Waals surface area contributed by atoms with E-state index in [0.29, 0.717) is 5.41 Å². The van der Waals surface area contributed by atoms with E-state index in [1.54, 1.807) is 0 Å². The molecule has 0 bridgehead atoms. The second-order valence-corrected chi connectivity index (χ2v) is 4.29. The fraction of sp³-hybridized carbons (Fsp3) is 0.538. The van der Waals surface area contributed by atoms with Crippen molar-refractivity contribution in [3.05, 3.63) is 35.4 Å². The van der Waals surface area contributed by atoms with Gasteiger partial charge < -0.3 is 0 Å². The molecule has 0 amide bonds. The van der Waals surface area contributed by atoms with Crippen molar-refractivity contribution in [1.82, 2.24) is 0 Å². The van der Waals surface area contributed by atoms with Crippen LogP contribution in [0.3, 0.4) is 0 Å². The average molecular weight is 176 g/mol. The van der Waals surface area contributed by atoms with E-state index in [2.05, 4.69) is 52.0 Å². The van der Waals surface area contributed by atoms with Gasteiger partial charge in [0.2, 0.25) is 0 Å². The van der Waals surface area contributed by atoms with Crippen molar-refractivity contribution in [3.8, 4) is 0 Å². The molecule has 0 saturated heterocycles. The van der Waals surface area contributed by atoms with Crippen LogP contribution in [0.2, 0.25) is 0 Å². The van der Waals surface area contributed by atoms with Crippen LogP contribution in [-0.4, -0.2) is 0 Å². The quantitative estimate of drug-likeness (QED) is 0.654. The fourth-order valence-corrected chi connectivity index (χ4v) is 1.42. The molecule has 0 unspecified atom stereocenters. The summed E-state index contributed by atoms with van der Waals surface area (Å²) in [6, 6.07) is 8.95. The lowest BCUT2D eigenvalue weighted by Gasteiger charge is -2.23. The molecule has 0 spiro atoms. The zero-order valence-corrected chi connectivity index (χ0v) is 9.22. The maximum absolute atomic E-state index is 2.34. The predicted octanol–water partition coefficient (Wildman–Crippen LogP) is 3.94. The monoisotopic (exact) mass is 176 g/mol. The highest BCUT2D eigenvalue weighted by Gasteiger charge is 2.17. The molecule has 1 aromatic rings. The Hall–Kier alpha value is -0.780. The van der Waals surface area contributed by atoms with Crippen molar-refractivity contribution in [2.45, 2.75) is 46.0 Å². The van der Waals surface area contributed by atoms with Crippen molar-refractivity contribution >= 4 is 0 Å². The van der Waals surface area contributed by atoms with E-state index in [4.69, 9.17) is 0 Å². The Labute approximate surface area is 82.0 Å². The van der Waals surface area contributed by atoms with Gasteiger partial charge in [-0.15, -0.1) is 0 Å². The van der Waals surface area contributed by atoms with Gasteiger partial charge >= 0.3 is 0 Å². The normalized spacial score (nSPS) is 11.7. The van der Waals surface area contributed by atoms with Crippen LogP contribution in [0, 0.1) is 0 Å². The predicted molar refractivity (Wildman–Crippen MR) is 59.1 cm³/mol. The molecule has 0 heteroatoms. The zero-order valence-electron chi connectivity index (χ0n) is 9.22. The molecule has 0 aromatic heterocycles. The molecule has 0 atom stereocenters. The van der Waals surface area contributed by atoms with Crippen molar-refractivity contribution in [1.29, 1.82) is 0 Å². The highest BCUT2D eigenvalue weighted by atomic mass is 14.2. The maximum atomic E-state index is 2.34. The third-order valence-electron chi connectivity index (χ3n) is 3.00. The largest absolute Gasteiger partial charge is 0.0646 e. The van der Waals surface area contributed by atoms with Gasteiger partial charge in [0, 0.05) is 0 Å². The van der Waals surface area contributed by atoms with E-state index in [0.717, 1.165) is 6.42 Å². The van der Waals surface area contributed by atoms with Gasteiger partial charge in [0.1, 0.15) is 0 Å². The van der Waals surface area contributed by atoms with Crippen molar-refractivity contribution < 1.29 is 0 Å². The highest BCUT2D eigenvalue weighted by Crippen LogP contribution is 2.27. The van der Waals surface area contributed by atoms with E-state index in [9.17, 15) is 0 Å². The Bertz CT molecular complexity index is 271. The first-order valence-electron chi connectivity index (χ1n) is 5.19. The van der Waals surface area contributed by atoms with Crippen LogP contribution in [0.15, 0.2) is 24.3 Å². The lowest BCUT2D eigenvalue weighted by atomic mass is 9.81. The second-order valence-electron chi connectivity index (χ2n) is 4.29. The molecule has 1 aromatic carbocycles. The molecule has 0 fully saturated rings. The van der Waals surface area contributed by atoms with E-state index in [1.165, 1.54) is 17.5 Å². The minimum atomic E-state index is 0.325. The number of rotatable bonds is 3. The third-order valence-corrected chi connectivity index (χ3v) is 3.00. The molecule has 13 heavy (non-hydrogen) atoms. The number of benzene rings is 1. The molecule has 0 heterocycles. The van der Waals surface area contributed by atoms with Crippen LogP contribution in [0.1, 0.15) is 45.2 Å². The van der Waals surface area contributed by atoms with Gasteiger partial charge in [-0.2, -0.15) is 0 Å². The molecule has 1 rings (SSSR count). The molecular formula is C13H20. The number of aryl methyl sites for hydroxylation is 1. The molecule has 0 N–H and O–H groups in total. The van der Waals surface area contributed by atoms with Crippen LogP contribution in [0.25, 0.3) is 0 Å². The van der Waals surface area contributed by atoms with E-state index >= 15 is 0 Å². The topological polar surface area (TPSA) is 0 Å². The van der Waals surface area contributed by atoms with Crippen LogP contribution in [0.5, 0.6) is 0 Å². The molecular weight excluding hydrogens is 156 g/mol. The van der Waals surface area contributed by atoms with Gasteiger partial charge in [0.15, 0.2) is 0 Å². The lowest BCUT2D eigenvalue weighted by molar-refractivity contribution is 0.506. The second kappa shape index (κ2) is 3.95. The summed E-state index contributed by atoms with van der Waals surface area (Å²) in [5, 5.41) is 0. The summed E-state index contributed by atoms with van der Waals surface area (Å²) < 4.78 is 0. The van der Waals surface area contributed by atoms with Gasteiger partial charge in [0.05, 0.1) is 0 Å². The Morgan fingerprint density at radius 3 is 2.38 bits per heavy atom. The van der Waals surface area contributed by atoms with Gasteiger partial charge in [-0.25, -0.2) is 0 Å². The fourth-order valence-electron chi connectivity index (χ4n) is 1.42. The lowest BCUT2D eigenvalue weighted by Crippen LogP contribution is -2.15. The van der Waals surface area contributed by atoms with Gasteiger partial charge in [-0.05, 0) is 29.4 Å². The van der Waals surface area contributed by atoms with Gasteiger partial charge in [-0.1, -0.05) is 52.0 Å². The average Bonchev–Trinajstić information content (AvgIpc) is 2.18. The smallest absolute Gasteiger partial charge is 0.0106 e. The molecule has 0 nitrogen and oxygen atoms in total. The van der Waals surface area contributed by atoms with E-state index < -0.39 is 0 Å². The summed E-state index contributed by atoms with van der Waals surface area (Å²) in [5.74, 6) is 0. The van der Waals surface area contributed by atoms with Crippen molar-refractivity contribution in [2.24, 2.45) is 0 Å². The van der Waals surface area contributed by atoms with Gasteiger partial charge in [0.25, 0.3) is 0 Å². The summed E-state index contributed by atoms with van der Waals surface area (Å²) in [4.78, 5) is 0. The Balaban J connectivity index is 3.01. The summed E-state index contributed by atoms with van der Waals surface area (Å²) in [7, 11) is 0. The van der Waals surface area contributed by atoms with Crippen LogP contribution < -0.4 is 0 Å². The first kappa shape index (κ1) is 10.3. The standard InChI is InChI=1S/C13H20/c1-5-11-8-7-9-12(10-11)13(3,4)6-2/h7-10H,5-6H2,1-4H3. The molecule has 0 aliphatic rings. The molecule has 0 radical (unpaired) electrons.